The van der Waals surface area contributed by atoms with Gasteiger partial charge in [-0.3, -0.25) is 4.79 Å². The summed E-state index contributed by atoms with van der Waals surface area (Å²) < 4.78 is 13.0. The zero-order valence-electron chi connectivity index (χ0n) is 18.3. The van der Waals surface area contributed by atoms with E-state index in [9.17, 15) is 14.3 Å². The number of Topliss-reactive ketones (excluding diaryl/α,β-unsaturated/α-hetero) is 1. The van der Waals surface area contributed by atoms with Crippen molar-refractivity contribution < 1.29 is 14.3 Å². The van der Waals surface area contributed by atoms with Crippen molar-refractivity contribution in [3.8, 4) is 11.1 Å². The van der Waals surface area contributed by atoms with Gasteiger partial charge < -0.3 is 10.0 Å². The van der Waals surface area contributed by atoms with Crippen molar-refractivity contribution in [2.45, 2.75) is 31.3 Å². The number of carbonyl (C=O) groups is 1. The molecule has 0 amide bonds. The average molecular weight is 488 g/mol. The SMILES string of the molecule is Cl.O=C(CCCN1CCC(O)(c2ccc(-c3ccc(Cl)cc3)cc2)CC1)c1ccc(F)cc1. The molecule has 0 aromatic heterocycles. The van der Waals surface area contributed by atoms with Crippen molar-refractivity contribution in [2.24, 2.45) is 0 Å². The number of likely N-dealkylation sites (tertiary alicyclic amines) is 1. The normalized spacial score (nSPS) is 15.6. The molecule has 0 unspecified atom stereocenters. The quantitative estimate of drug-likeness (QED) is 0.385. The van der Waals surface area contributed by atoms with Crippen LogP contribution in [0.2, 0.25) is 5.02 Å². The molecule has 0 atom stereocenters. The fourth-order valence-corrected chi connectivity index (χ4v) is 4.42. The first-order valence-corrected chi connectivity index (χ1v) is 11.4. The van der Waals surface area contributed by atoms with Crippen LogP contribution in [0.15, 0.2) is 72.8 Å². The van der Waals surface area contributed by atoms with Gasteiger partial charge in [0.15, 0.2) is 5.78 Å². The van der Waals surface area contributed by atoms with Gasteiger partial charge in [0, 0.05) is 30.1 Å². The van der Waals surface area contributed by atoms with E-state index >= 15 is 0 Å². The molecule has 3 aromatic carbocycles. The summed E-state index contributed by atoms with van der Waals surface area (Å²) in [4.78, 5) is 14.5. The van der Waals surface area contributed by atoms with E-state index in [4.69, 9.17) is 11.6 Å². The maximum Gasteiger partial charge on any atom is 0.162 e. The van der Waals surface area contributed by atoms with Gasteiger partial charge in [-0.05, 0) is 78.9 Å². The Kier molecular flexibility index (Phi) is 8.66. The largest absolute Gasteiger partial charge is 0.385 e. The molecule has 0 saturated carbocycles. The monoisotopic (exact) mass is 487 g/mol. The van der Waals surface area contributed by atoms with Gasteiger partial charge in [0.05, 0.1) is 5.60 Å². The second kappa shape index (κ2) is 11.3. The van der Waals surface area contributed by atoms with E-state index in [1.54, 1.807) is 0 Å². The van der Waals surface area contributed by atoms with Crippen molar-refractivity contribution in [2.75, 3.05) is 19.6 Å². The molecule has 6 heteroatoms. The van der Waals surface area contributed by atoms with Crippen LogP contribution in [0.5, 0.6) is 0 Å². The lowest BCUT2D eigenvalue weighted by Gasteiger charge is -2.38. The number of hydrogen-bond acceptors (Lipinski definition) is 3. The third-order valence-electron chi connectivity index (χ3n) is 6.33. The summed E-state index contributed by atoms with van der Waals surface area (Å²) >= 11 is 5.97. The Balaban J connectivity index is 0.00000306. The molecule has 1 fully saturated rings. The molecule has 4 rings (SSSR count). The number of benzene rings is 3. The number of carbonyl (C=O) groups excluding carboxylic acids is 1. The minimum atomic E-state index is -0.820. The average Bonchev–Trinajstić information content (AvgIpc) is 2.81. The Morgan fingerprint density at radius 1 is 0.909 bits per heavy atom. The number of aliphatic hydroxyl groups is 1. The number of piperidine rings is 1. The van der Waals surface area contributed by atoms with Gasteiger partial charge in [-0.2, -0.15) is 0 Å². The van der Waals surface area contributed by atoms with E-state index in [0.29, 0.717) is 29.8 Å². The summed E-state index contributed by atoms with van der Waals surface area (Å²) in [6.07, 6.45) is 2.53. The van der Waals surface area contributed by atoms with E-state index in [0.717, 1.165) is 42.7 Å². The van der Waals surface area contributed by atoms with Crippen molar-refractivity contribution in [1.29, 1.82) is 0 Å². The first-order valence-electron chi connectivity index (χ1n) is 11.0. The van der Waals surface area contributed by atoms with E-state index in [-0.39, 0.29) is 24.0 Å². The van der Waals surface area contributed by atoms with Gasteiger partial charge in [0.2, 0.25) is 0 Å². The van der Waals surface area contributed by atoms with Crippen molar-refractivity contribution >= 4 is 29.8 Å². The summed E-state index contributed by atoms with van der Waals surface area (Å²) in [5, 5.41) is 11.9. The topological polar surface area (TPSA) is 40.5 Å². The Hall–Kier alpha value is -2.24. The minimum Gasteiger partial charge on any atom is -0.385 e. The minimum absolute atomic E-state index is 0. The first kappa shape index (κ1) is 25.4. The maximum absolute atomic E-state index is 13.0. The number of nitrogens with zero attached hydrogens (tertiary/aromatic N) is 1. The number of rotatable bonds is 7. The molecule has 174 valence electrons. The van der Waals surface area contributed by atoms with Crippen LogP contribution < -0.4 is 0 Å². The number of halogens is 3. The molecule has 3 nitrogen and oxygen atoms in total. The van der Waals surface area contributed by atoms with E-state index in [1.807, 2.05) is 48.5 Å². The van der Waals surface area contributed by atoms with Crippen molar-refractivity contribution in [1.82, 2.24) is 4.90 Å². The standard InChI is InChI=1S/C27H27ClFNO2.ClH/c28-24-11-5-21(6-12-24)20-3-9-23(10-4-20)27(32)15-18-30(19-16-27)17-1-2-26(31)22-7-13-25(29)14-8-22;/h3-14,32H,1-2,15-19H2;1H. The lowest BCUT2D eigenvalue weighted by atomic mass is 9.83. The highest BCUT2D eigenvalue weighted by atomic mass is 35.5. The predicted octanol–water partition coefficient (Wildman–Crippen LogP) is 6.51. The Morgan fingerprint density at radius 2 is 1.45 bits per heavy atom. The highest BCUT2D eigenvalue weighted by Gasteiger charge is 2.33. The lowest BCUT2D eigenvalue weighted by molar-refractivity contribution is -0.0260. The molecule has 1 saturated heterocycles. The van der Waals surface area contributed by atoms with Crippen LogP contribution in [0.25, 0.3) is 11.1 Å². The fourth-order valence-electron chi connectivity index (χ4n) is 4.29. The lowest BCUT2D eigenvalue weighted by Crippen LogP contribution is -2.42. The highest BCUT2D eigenvalue weighted by molar-refractivity contribution is 6.30. The molecule has 0 bridgehead atoms. The van der Waals surface area contributed by atoms with Gasteiger partial charge in [-0.25, -0.2) is 4.39 Å². The summed E-state index contributed by atoms with van der Waals surface area (Å²) in [5.41, 5.74) is 2.87. The zero-order chi connectivity index (χ0) is 22.6. The molecule has 1 aliphatic heterocycles. The second-order valence-electron chi connectivity index (χ2n) is 8.49. The molecule has 1 aliphatic rings. The van der Waals surface area contributed by atoms with Crippen LogP contribution in [0.3, 0.4) is 0 Å². The molecule has 1 N–H and O–H groups in total. The van der Waals surface area contributed by atoms with Gasteiger partial charge in [0.25, 0.3) is 0 Å². The Morgan fingerprint density at radius 3 is 2.03 bits per heavy atom. The van der Waals surface area contributed by atoms with Crippen LogP contribution in [-0.2, 0) is 5.60 Å². The van der Waals surface area contributed by atoms with E-state index in [2.05, 4.69) is 4.90 Å². The number of ketones is 1. The van der Waals surface area contributed by atoms with Crippen LogP contribution in [0.1, 0.15) is 41.6 Å². The summed E-state index contributed by atoms with van der Waals surface area (Å²) in [5.74, 6) is -0.290. The highest BCUT2D eigenvalue weighted by Crippen LogP contribution is 2.34. The van der Waals surface area contributed by atoms with Gasteiger partial charge >= 0.3 is 0 Å². The number of hydrogen-bond donors (Lipinski definition) is 1. The smallest absolute Gasteiger partial charge is 0.162 e. The van der Waals surface area contributed by atoms with E-state index in [1.165, 1.54) is 24.3 Å². The predicted molar refractivity (Wildman–Crippen MR) is 134 cm³/mol. The van der Waals surface area contributed by atoms with Gasteiger partial charge in [-0.1, -0.05) is 48.0 Å². The molecule has 0 radical (unpaired) electrons. The molecular weight excluding hydrogens is 460 g/mol. The van der Waals surface area contributed by atoms with Crippen LogP contribution in [-0.4, -0.2) is 35.4 Å². The molecule has 33 heavy (non-hydrogen) atoms. The van der Waals surface area contributed by atoms with Crippen molar-refractivity contribution in [3.05, 3.63) is 94.8 Å². The van der Waals surface area contributed by atoms with Crippen LogP contribution in [0, 0.1) is 5.82 Å². The third kappa shape index (κ3) is 6.42. The maximum atomic E-state index is 13.0. The molecule has 3 aromatic rings. The summed E-state index contributed by atoms with van der Waals surface area (Å²) in [6.45, 7) is 2.40. The van der Waals surface area contributed by atoms with Gasteiger partial charge in [0.1, 0.15) is 5.82 Å². The molecular formula is C27H28Cl2FNO2. The molecule has 1 heterocycles. The molecule has 0 aliphatic carbocycles. The second-order valence-corrected chi connectivity index (χ2v) is 8.93. The molecule has 0 spiro atoms. The fraction of sp³-hybridized carbons (Fsp3) is 0.296. The van der Waals surface area contributed by atoms with Crippen molar-refractivity contribution in [3.63, 3.8) is 0 Å². The van der Waals surface area contributed by atoms with Gasteiger partial charge in [-0.15, -0.1) is 12.4 Å². The van der Waals surface area contributed by atoms with E-state index < -0.39 is 5.60 Å². The van der Waals surface area contributed by atoms with Crippen LogP contribution >= 0.6 is 24.0 Å². The summed E-state index contributed by atoms with van der Waals surface area (Å²) in [6, 6.07) is 21.6. The summed E-state index contributed by atoms with van der Waals surface area (Å²) in [7, 11) is 0. The first-order chi connectivity index (χ1) is 15.4. The Bertz CT molecular complexity index is 1040. The Labute approximate surface area is 205 Å². The zero-order valence-corrected chi connectivity index (χ0v) is 19.9. The third-order valence-corrected chi connectivity index (χ3v) is 6.58. The van der Waals surface area contributed by atoms with Crippen LogP contribution in [0.4, 0.5) is 4.39 Å².